The molecule has 0 amide bonds. The average Bonchev–Trinajstić information content (AvgIpc) is 2.53. The Morgan fingerprint density at radius 1 is 1.08 bits per heavy atom. The van der Waals surface area contributed by atoms with Gasteiger partial charge in [0.1, 0.15) is 17.3 Å². The topological polar surface area (TPSA) is 22.1 Å². The van der Waals surface area contributed by atoms with E-state index in [0.29, 0.717) is 17.0 Å². The molecule has 0 N–H and O–H groups in total. The van der Waals surface area contributed by atoms with Crippen molar-refractivity contribution in [2.45, 2.75) is 6.18 Å². The quantitative estimate of drug-likeness (QED) is 0.548. The van der Waals surface area contributed by atoms with Gasteiger partial charge in [0.25, 0.3) is 0 Å². The van der Waals surface area contributed by atoms with Crippen LogP contribution in [0, 0.1) is 5.82 Å². The predicted molar refractivity (Wildman–Crippen MR) is 83.7 cm³/mol. The summed E-state index contributed by atoms with van der Waals surface area (Å²) in [6.45, 7) is 0. The van der Waals surface area contributed by atoms with Gasteiger partial charge in [-0.05, 0) is 30.3 Å². The summed E-state index contributed by atoms with van der Waals surface area (Å²) in [5.74, 6) is -0.707. The van der Waals surface area contributed by atoms with Gasteiger partial charge in [-0.3, -0.25) is 0 Å². The molecule has 124 valence electrons. The van der Waals surface area contributed by atoms with Gasteiger partial charge in [-0.2, -0.15) is 13.2 Å². The van der Waals surface area contributed by atoms with E-state index in [9.17, 15) is 17.6 Å². The van der Waals surface area contributed by atoms with Gasteiger partial charge < -0.3 is 4.74 Å². The molecule has 0 saturated carbocycles. The molecular weight excluding hydrogens is 346 g/mol. The molecule has 0 aliphatic rings. The predicted octanol–water partition coefficient (Wildman–Crippen LogP) is 5.72. The molecule has 0 bridgehead atoms. The zero-order chi connectivity index (χ0) is 17.5. The Morgan fingerprint density at radius 3 is 2.50 bits per heavy atom. The van der Waals surface area contributed by atoms with E-state index in [2.05, 4.69) is 4.98 Å². The molecule has 7 heteroatoms. The molecule has 0 saturated heterocycles. The van der Waals surface area contributed by atoms with Crippen molar-refractivity contribution in [1.29, 1.82) is 0 Å². The van der Waals surface area contributed by atoms with Gasteiger partial charge in [-0.15, -0.1) is 0 Å². The highest BCUT2D eigenvalue weighted by molar-refractivity contribution is 6.35. The van der Waals surface area contributed by atoms with Crippen molar-refractivity contribution in [2.24, 2.45) is 0 Å². The zero-order valence-electron chi connectivity index (χ0n) is 12.3. The highest BCUT2D eigenvalue weighted by Crippen LogP contribution is 2.41. The number of pyridine rings is 1. The van der Waals surface area contributed by atoms with Crippen molar-refractivity contribution in [2.75, 3.05) is 7.11 Å². The van der Waals surface area contributed by atoms with Crippen LogP contribution in [0.2, 0.25) is 5.02 Å². The van der Waals surface area contributed by atoms with Gasteiger partial charge in [0.05, 0.1) is 23.2 Å². The van der Waals surface area contributed by atoms with Crippen LogP contribution in [0.1, 0.15) is 5.56 Å². The van der Waals surface area contributed by atoms with Gasteiger partial charge in [-0.25, -0.2) is 9.37 Å². The summed E-state index contributed by atoms with van der Waals surface area (Å²) in [5, 5.41) is 0.884. The smallest absolute Gasteiger partial charge is 0.417 e. The van der Waals surface area contributed by atoms with Gasteiger partial charge >= 0.3 is 6.18 Å². The Kier molecular flexibility index (Phi) is 4.09. The molecule has 3 rings (SSSR count). The number of benzene rings is 2. The third-order valence-electron chi connectivity index (χ3n) is 3.52. The normalized spacial score (nSPS) is 11.8. The minimum absolute atomic E-state index is 0.0980. The highest BCUT2D eigenvalue weighted by atomic mass is 35.5. The van der Waals surface area contributed by atoms with E-state index < -0.39 is 23.1 Å². The largest absolute Gasteiger partial charge is 0.494 e. The molecule has 0 aliphatic heterocycles. The fourth-order valence-corrected chi connectivity index (χ4v) is 2.68. The second-order valence-corrected chi connectivity index (χ2v) is 5.45. The van der Waals surface area contributed by atoms with Crippen LogP contribution in [0.15, 0.2) is 42.5 Å². The molecule has 2 nitrogen and oxygen atoms in total. The molecule has 1 heterocycles. The number of aromatic nitrogens is 1. The summed E-state index contributed by atoms with van der Waals surface area (Å²) in [6, 6.07) is 8.72. The molecule has 2 aromatic carbocycles. The fourth-order valence-electron chi connectivity index (χ4n) is 2.45. The number of hydrogen-bond donors (Lipinski definition) is 0. The van der Waals surface area contributed by atoms with E-state index >= 15 is 0 Å². The zero-order valence-corrected chi connectivity index (χ0v) is 13.0. The van der Waals surface area contributed by atoms with Crippen LogP contribution in [-0.4, -0.2) is 12.1 Å². The lowest BCUT2D eigenvalue weighted by Crippen LogP contribution is -2.08. The maximum Gasteiger partial charge on any atom is 0.417 e. The van der Waals surface area contributed by atoms with Crippen LogP contribution in [0.3, 0.4) is 0 Å². The number of para-hydroxylation sites is 1. The third kappa shape index (κ3) is 2.89. The number of hydrogen-bond acceptors (Lipinski definition) is 2. The number of rotatable bonds is 2. The van der Waals surface area contributed by atoms with Crippen LogP contribution in [0.5, 0.6) is 5.75 Å². The average molecular weight is 356 g/mol. The first-order valence-electron chi connectivity index (χ1n) is 6.81. The first-order valence-corrected chi connectivity index (χ1v) is 7.19. The standard InChI is InChI=1S/C17H10ClF4NO/c1-24-14-7-9-3-2-4-13(18)15(9)23-16(14)11-8-10(19)5-6-12(11)17(20,21)22/h2-8H,1H3. The molecule has 0 atom stereocenters. The number of alkyl halides is 3. The van der Waals surface area contributed by atoms with Crippen molar-refractivity contribution in [3.8, 4) is 17.0 Å². The highest BCUT2D eigenvalue weighted by Gasteiger charge is 2.35. The maximum absolute atomic E-state index is 13.6. The number of nitrogens with zero attached hydrogens (tertiary/aromatic N) is 1. The third-order valence-corrected chi connectivity index (χ3v) is 3.83. The van der Waals surface area contributed by atoms with Crippen LogP contribution in [0.4, 0.5) is 17.6 Å². The van der Waals surface area contributed by atoms with Crippen molar-refractivity contribution in [1.82, 2.24) is 4.98 Å². The van der Waals surface area contributed by atoms with Crippen molar-refractivity contribution < 1.29 is 22.3 Å². The number of halogens is 5. The minimum Gasteiger partial charge on any atom is -0.494 e. The number of ether oxygens (including phenoxy) is 1. The Labute approximate surface area is 139 Å². The number of methoxy groups -OCH3 is 1. The molecule has 1 aromatic heterocycles. The second kappa shape index (κ2) is 5.94. The second-order valence-electron chi connectivity index (χ2n) is 5.04. The van der Waals surface area contributed by atoms with E-state index in [0.717, 1.165) is 12.1 Å². The molecular formula is C17H10ClF4NO. The Hall–Kier alpha value is -2.34. The van der Waals surface area contributed by atoms with Crippen molar-refractivity contribution in [3.05, 3.63) is 58.9 Å². The minimum atomic E-state index is -4.66. The van der Waals surface area contributed by atoms with E-state index in [4.69, 9.17) is 16.3 Å². The Balaban J connectivity index is 2.37. The molecule has 3 aromatic rings. The fraction of sp³-hybridized carbons (Fsp3) is 0.118. The monoisotopic (exact) mass is 355 g/mol. The van der Waals surface area contributed by atoms with E-state index in [1.807, 2.05) is 0 Å². The molecule has 0 aliphatic carbocycles. The summed E-state index contributed by atoms with van der Waals surface area (Å²) >= 11 is 6.07. The van der Waals surface area contributed by atoms with Crippen LogP contribution < -0.4 is 4.74 Å². The summed E-state index contributed by atoms with van der Waals surface area (Å²) in [7, 11) is 1.31. The van der Waals surface area contributed by atoms with Crippen LogP contribution in [0.25, 0.3) is 22.2 Å². The van der Waals surface area contributed by atoms with Gasteiger partial charge in [-0.1, -0.05) is 23.7 Å². The molecule has 0 radical (unpaired) electrons. The summed E-state index contributed by atoms with van der Waals surface area (Å²) < 4.78 is 58.6. The summed E-state index contributed by atoms with van der Waals surface area (Å²) in [6.07, 6.45) is -4.66. The van der Waals surface area contributed by atoms with Gasteiger partial charge in [0.2, 0.25) is 0 Å². The van der Waals surface area contributed by atoms with Gasteiger partial charge in [0.15, 0.2) is 0 Å². The maximum atomic E-state index is 13.6. The molecule has 0 unspecified atom stereocenters. The lowest BCUT2D eigenvalue weighted by molar-refractivity contribution is -0.137. The van der Waals surface area contributed by atoms with E-state index in [1.54, 1.807) is 18.2 Å². The first-order chi connectivity index (χ1) is 11.3. The SMILES string of the molecule is COc1cc2cccc(Cl)c2nc1-c1cc(F)ccc1C(F)(F)F. The first kappa shape index (κ1) is 16.5. The molecule has 0 spiro atoms. The van der Waals surface area contributed by atoms with E-state index in [1.165, 1.54) is 13.2 Å². The van der Waals surface area contributed by atoms with Gasteiger partial charge in [0, 0.05) is 10.9 Å². The lowest BCUT2D eigenvalue weighted by atomic mass is 10.0. The number of fused-ring (bicyclic) bond motifs is 1. The Morgan fingerprint density at radius 2 is 1.83 bits per heavy atom. The van der Waals surface area contributed by atoms with Crippen molar-refractivity contribution >= 4 is 22.5 Å². The van der Waals surface area contributed by atoms with Crippen LogP contribution in [-0.2, 0) is 6.18 Å². The molecule has 0 fully saturated rings. The summed E-state index contributed by atoms with van der Waals surface area (Å²) in [5.41, 5.74) is -1.21. The van der Waals surface area contributed by atoms with Crippen LogP contribution >= 0.6 is 11.6 Å². The van der Waals surface area contributed by atoms with Crippen molar-refractivity contribution in [3.63, 3.8) is 0 Å². The Bertz CT molecular complexity index is 924. The lowest BCUT2D eigenvalue weighted by Gasteiger charge is -2.15. The van der Waals surface area contributed by atoms with E-state index in [-0.39, 0.29) is 16.5 Å². The molecule has 24 heavy (non-hydrogen) atoms. The summed E-state index contributed by atoms with van der Waals surface area (Å²) in [4.78, 5) is 4.21.